The zero-order chi connectivity index (χ0) is 24.2. The molecule has 2 fully saturated rings. The summed E-state index contributed by atoms with van der Waals surface area (Å²) in [5.41, 5.74) is 1.00. The summed E-state index contributed by atoms with van der Waals surface area (Å²) < 4.78 is 16.7. The summed E-state index contributed by atoms with van der Waals surface area (Å²) in [5.74, 6) is -0.730. The third-order valence-electron chi connectivity index (χ3n) is 5.97. The first-order valence-corrected chi connectivity index (χ1v) is 11.5. The lowest BCUT2D eigenvalue weighted by atomic mass is 10.1. The summed E-state index contributed by atoms with van der Waals surface area (Å²) in [4.78, 5) is 50.0. The standard InChI is InChI=1S/C23H26N6O6/c30-20-16-2-1-15(13-17(16)21(31)27-20)24-22(32)18-14-19(35-12-5-28-3-8-33-9-4-28)26-23(25-18)29-6-10-34-11-7-29/h1-2,13-14H,3-12H2,(H,24,32)(H,27,30,31). The van der Waals surface area contributed by atoms with Gasteiger partial charge in [-0.1, -0.05) is 0 Å². The van der Waals surface area contributed by atoms with Gasteiger partial charge in [-0.25, -0.2) is 4.98 Å². The van der Waals surface area contributed by atoms with Gasteiger partial charge in [0.05, 0.1) is 37.6 Å². The number of rotatable bonds is 7. The van der Waals surface area contributed by atoms with Gasteiger partial charge in [0.1, 0.15) is 12.3 Å². The lowest BCUT2D eigenvalue weighted by Gasteiger charge is -2.27. The van der Waals surface area contributed by atoms with Crippen LogP contribution in [-0.4, -0.2) is 98.3 Å². The number of carbonyl (C=O) groups is 3. The molecule has 1 aromatic heterocycles. The van der Waals surface area contributed by atoms with E-state index in [-0.39, 0.29) is 16.8 Å². The molecule has 0 saturated carbocycles. The molecule has 4 heterocycles. The number of anilines is 2. The minimum absolute atomic E-state index is 0.129. The molecule has 184 valence electrons. The minimum atomic E-state index is -0.492. The third-order valence-corrected chi connectivity index (χ3v) is 5.97. The van der Waals surface area contributed by atoms with Crippen LogP contribution in [0.15, 0.2) is 24.3 Å². The molecule has 0 atom stereocenters. The normalized spacial score (nSPS) is 18.2. The van der Waals surface area contributed by atoms with E-state index in [0.29, 0.717) is 63.6 Å². The molecule has 3 aliphatic heterocycles. The smallest absolute Gasteiger partial charge is 0.274 e. The number of amides is 3. The number of hydrogen-bond donors (Lipinski definition) is 2. The molecule has 0 spiro atoms. The van der Waals surface area contributed by atoms with Crippen LogP contribution in [0.4, 0.5) is 11.6 Å². The highest BCUT2D eigenvalue weighted by molar-refractivity contribution is 6.22. The van der Waals surface area contributed by atoms with E-state index in [2.05, 4.69) is 25.5 Å². The van der Waals surface area contributed by atoms with E-state index in [1.165, 1.54) is 18.2 Å². The van der Waals surface area contributed by atoms with Crippen LogP contribution in [0, 0.1) is 0 Å². The molecule has 2 aromatic rings. The van der Waals surface area contributed by atoms with Crippen LogP contribution in [0.25, 0.3) is 0 Å². The number of aromatic nitrogens is 2. The molecule has 0 aliphatic carbocycles. The van der Waals surface area contributed by atoms with Crippen molar-refractivity contribution in [2.24, 2.45) is 0 Å². The Balaban J connectivity index is 1.33. The molecule has 3 amide bonds. The Labute approximate surface area is 201 Å². The maximum atomic E-state index is 13.1. The summed E-state index contributed by atoms with van der Waals surface area (Å²) in [5, 5.41) is 4.98. The Hall–Kier alpha value is -3.61. The fourth-order valence-electron chi connectivity index (χ4n) is 4.05. The second-order valence-corrected chi connectivity index (χ2v) is 8.29. The number of ether oxygens (including phenoxy) is 3. The van der Waals surface area contributed by atoms with E-state index in [1.807, 2.05) is 4.90 Å². The minimum Gasteiger partial charge on any atom is -0.476 e. The maximum absolute atomic E-state index is 13.1. The van der Waals surface area contributed by atoms with Crippen molar-refractivity contribution in [3.05, 3.63) is 41.1 Å². The van der Waals surface area contributed by atoms with Gasteiger partial charge in [0.25, 0.3) is 17.7 Å². The number of nitrogens with one attached hydrogen (secondary N) is 2. The van der Waals surface area contributed by atoms with Gasteiger partial charge in [-0.2, -0.15) is 4.98 Å². The molecule has 12 nitrogen and oxygen atoms in total. The average Bonchev–Trinajstić information content (AvgIpc) is 3.17. The highest BCUT2D eigenvalue weighted by atomic mass is 16.5. The first kappa shape index (κ1) is 23.1. The zero-order valence-corrected chi connectivity index (χ0v) is 19.1. The number of imide groups is 1. The van der Waals surface area contributed by atoms with Crippen LogP contribution >= 0.6 is 0 Å². The number of benzene rings is 1. The highest BCUT2D eigenvalue weighted by Gasteiger charge is 2.27. The van der Waals surface area contributed by atoms with Gasteiger partial charge in [-0.05, 0) is 18.2 Å². The molecule has 12 heteroatoms. The van der Waals surface area contributed by atoms with Crippen molar-refractivity contribution in [1.29, 1.82) is 0 Å². The Morgan fingerprint density at radius 3 is 2.46 bits per heavy atom. The second-order valence-electron chi connectivity index (χ2n) is 8.29. The van der Waals surface area contributed by atoms with E-state index in [1.54, 1.807) is 6.07 Å². The number of carbonyl (C=O) groups excluding carboxylic acids is 3. The highest BCUT2D eigenvalue weighted by Crippen LogP contribution is 2.22. The summed E-state index contributed by atoms with van der Waals surface area (Å²) in [6.45, 7) is 6.54. The van der Waals surface area contributed by atoms with E-state index in [0.717, 1.165) is 19.6 Å². The molecule has 1 aromatic carbocycles. The van der Waals surface area contributed by atoms with Gasteiger partial charge in [-0.15, -0.1) is 0 Å². The van der Waals surface area contributed by atoms with Gasteiger partial charge in [0.2, 0.25) is 11.8 Å². The fourth-order valence-corrected chi connectivity index (χ4v) is 4.05. The first-order valence-electron chi connectivity index (χ1n) is 11.5. The Morgan fingerprint density at radius 1 is 0.971 bits per heavy atom. The zero-order valence-electron chi connectivity index (χ0n) is 19.1. The van der Waals surface area contributed by atoms with Crippen LogP contribution in [0.2, 0.25) is 0 Å². The summed E-state index contributed by atoms with van der Waals surface area (Å²) in [7, 11) is 0. The van der Waals surface area contributed by atoms with Crippen molar-refractivity contribution in [3.63, 3.8) is 0 Å². The van der Waals surface area contributed by atoms with Crippen molar-refractivity contribution in [1.82, 2.24) is 20.2 Å². The van der Waals surface area contributed by atoms with Gasteiger partial charge >= 0.3 is 0 Å². The predicted molar refractivity (Wildman–Crippen MR) is 124 cm³/mol. The first-order chi connectivity index (χ1) is 17.1. The van der Waals surface area contributed by atoms with E-state index in [9.17, 15) is 14.4 Å². The van der Waals surface area contributed by atoms with Crippen LogP contribution in [-0.2, 0) is 9.47 Å². The van der Waals surface area contributed by atoms with Gasteiger partial charge in [0, 0.05) is 44.5 Å². The SMILES string of the molecule is O=C(Nc1ccc2c(c1)C(=O)NC2=O)c1cc(OCCN2CCOCC2)nc(N2CCOCC2)n1. The van der Waals surface area contributed by atoms with Crippen LogP contribution in [0.3, 0.4) is 0 Å². The fraction of sp³-hybridized carbons (Fsp3) is 0.435. The van der Waals surface area contributed by atoms with E-state index in [4.69, 9.17) is 14.2 Å². The summed E-state index contributed by atoms with van der Waals surface area (Å²) in [6, 6.07) is 6.04. The number of fused-ring (bicyclic) bond motifs is 1. The van der Waals surface area contributed by atoms with Gasteiger partial charge < -0.3 is 24.4 Å². The molecule has 2 N–H and O–H groups in total. The predicted octanol–water partition coefficient (Wildman–Crippen LogP) is 0.160. The molecule has 0 bridgehead atoms. The molecule has 5 rings (SSSR count). The van der Waals surface area contributed by atoms with Crippen molar-refractivity contribution in [3.8, 4) is 5.88 Å². The number of hydrogen-bond acceptors (Lipinski definition) is 10. The Bertz CT molecular complexity index is 1130. The van der Waals surface area contributed by atoms with Crippen molar-refractivity contribution in [2.75, 3.05) is 76.0 Å². The average molecular weight is 482 g/mol. The van der Waals surface area contributed by atoms with E-state index >= 15 is 0 Å². The summed E-state index contributed by atoms with van der Waals surface area (Å²) in [6.07, 6.45) is 0. The van der Waals surface area contributed by atoms with Crippen molar-refractivity contribution >= 4 is 29.4 Å². The second kappa shape index (κ2) is 10.3. The van der Waals surface area contributed by atoms with E-state index < -0.39 is 17.7 Å². The molecular weight excluding hydrogens is 456 g/mol. The third kappa shape index (κ3) is 5.39. The van der Waals surface area contributed by atoms with Gasteiger partial charge in [0.15, 0.2) is 0 Å². The molecule has 35 heavy (non-hydrogen) atoms. The monoisotopic (exact) mass is 482 g/mol. The Kier molecular flexibility index (Phi) is 6.84. The van der Waals surface area contributed by atoms with Crippen molar-refractivity contribution in [2.45, 2.75) is 0 Å². The number of morpholine rings is 2. The van der Waals surface area contributed by atoms with Crippen LogP contribution < -0.4 is 20.3 Å². The van der Waals surface area contributed by atoms with Crippen molar-refractivity contribution < 1.29 is 28.6 Å². The Morgan fingerprint density at radius 2 is 1.69 bits per heavy atom. The summed E-state index contributed by atoms with van der Waals surface area (Å²) >= 11 is 0. The lowest BCUT2D eigenvalue weighted by molar-refractivity contribution is 0.0320. The topological polar surface area (TPSA) is 135 Å². The lowest BCUT2D eigenvalue weighted by Crippen LogP contribution is -2.39. The molecular formula is C23H26N6O6. The van der Waals surface area contributed by atoms with Gasteiger partial charge in [-0.3, -0.25) is 24.6 Å². The molecule has 0 radical (unpaired) electrons. The quantitative estimate of drug-likeness (QED) is 0.526. The number of nitrogens with zero attached hydrogens (tertiary/aromatic N) is 4. The molecule has 2 saturated heterocycles. The molecule has 0 unspecified atom stereocenters. The molecule has 3 aliphatic rings. The maximum Gasteiger partial charge on any atom is 0.274 e. The largest absolute Gasteiger partial charge is 0.476 e. The van der Waals surface area contributed by atoms with Crippen LogP contribution in [0.5, 0.6) is 5.88 Å². The van der Waals surface area contributed by atoms with Crippen LogP contribution in [0.1, 0.15) is 31.2 Å².